The molecule has 5 nitrogen and oxygen atoms in total. The molecule has 5 heteroatoms. The predicted octanol–water partition coefficient (Wildman–Crippen LogP) is 2.78. The minimum atomic E-state index is 0.397. The van der Waals surface area contributed by atoms with Gasteiger partial charge >= 0.3 is 0 Å². The second-order valence-electron chi connectivity index (χ2n) is 5.73. The summed E-state index contributed by atoms with van der Waals surface area (Å²) < 4.78 is 1.74. The van der Waals surface area contributed by atoms with Crippen LogP contribution in [0.5, 0.6) is 0 Å². The topological polar surface area (TPSA) is 46.8 Å². The highest BCUT2D eigenvalue weighted by Crippen LogP contribution is 2.27. The Morgan fingerprint density at radius 2 is 1.57 bits per heavy atom. The maximum Gasteiger partial charge on any atom is 0.139 e. The summed E-state index contributed by atoms with van der Waals surface area (Å²) in [4.78, 5) is 2.23. The van der Waals surface area contributed by atoms with Crippen molar-refractivity contribution < 1.29 is 0 Å². The molecule has 0 bridgehead atoms. The van der Waals surface area contributed by atoms with Gasteiger partial charge in [-0.2, -0.15) is 0 Å². The Morgan fingerprint density at radius 1 is 0.957 bits per heavy atom. The lowest BCUT2D eigenvalue weighted by Gasteiger charge is -2.22. The largest absolute Gasteiger partial charge is 0.287 e. The number of tetrazole rings is 1. The normalized spacial score (nSPS) is 11.3. The van der Waals surface area contributed by atoms with E-state index in [0.717, 1.165) is 13.0 Å². The van der Waals surface area contributed by atoms with Crippen LogP contribution >= 0.6 is 0 Å². The van der Waals surface area contributed by atoms with Gasteiger partial charge in [-0.3, -0.25) is 4.90 Å². The molecule has 0 spiro atoms. The maximum absolute atomic E-state index is 3.91. The number of nitrogens with zero attached hydrogens (tertiary/aromatic N) is 5. The standard InChI is InChI=1S/C18H21N5/c1-22(15-23-14-19-20-21-23)13-12-18(16-8-4-2-5-9-16)17-10-6-3-7-11-17/h2-11,14,18H,12-13,15H2,1H3. The van der Waals surface area contributed by atoms with Crippen LogP contribution in [0.4, 0.5) is 0 Å². The smallest absolute Gasteiger partial charge is 0.139 e. The number of hydrogen-bond acceptors (Lipinski definition) is 4. The molecule has 118 valence electrons. The van der Waals surface area contributed by atoms with Gasteiger partial charge in [0.25, 0.3) is 0 Å². The molecule has 0 aliphatic rings. The molecule has 0 aliphatic carbocycles. The van der Waals surface area contributed by atoms with Crippen LogP contribution in [0.3, 0.4) is 0 Å². The second-order valence-corrected chi connectivity index (χ2v) is 5.73. The monoisotopic (exact) mass is 307 g/mol. The third-order valence-corrected chi connectivity index (χ3v) is 3.98. The first kappa shape index (κ1) is 15.4. The van der Waals surface area contributed by atoms with Gasteiger partial charge in [-0.25, -0.2) is 4.68 Å². The van der Waals surface area contributed by atoms with Gasteiger partial charge in [0.05, 0.1) is 6.67 Å². The zero-order valence-electron chi connectivity index (χ0n) is 13.3. The first-order chi connectivity index (χ1) is 11.3. The molecule has 0 radical (unpaired) electrons. The number of hydrogen-bond donors (Lipinski definition) is 0. The summed E-state index contributed by atoms with van der Waals surface area (Å²) in [6, 6.07) is 21.4. The van der Waals surface area contributed by atoms with Crippen molar-refractivity contribution in [1.29, 1.82) is 0 Å². The van der Waals surface area contributed by atoms with Crippen molar-refractivity contribution in [2.75, 3.05) is 13.6 Å². The van der Waals surface area contributed by atoms with Crippen LogP contribution < -0.4 is 0 Å². The molecule has 3 rings (SSSR count). The summed E-state index contributed by atoms with van der Waals surface area (Å²) in [5, 5.41) is 11.3. The zero-order chi connectivity index (χ0) is 15.9. The molecule has 0 unspecified atom stereocenters. The fraction of sp³-hybridized carbons (Fsp3) is 0.278. The summed E-state index contributed by atoms with van der Waals surface area (Å²) in [6.45, 7) is 1.66. The molecular formula is C18H21N5. The van der Waals surface area contributed by atoms with Gasteiger partial charge in [0.1, 0.15) is 6.33 Å². The highest BCUT2D eigenvalue weighted by molar-refractivity contribution is 5.32. The van der Waals surface area contributed by atoms with Crippen molar-refractivity contribution in [3.63, 3.8) is 0 Å². The van der Waals surface area contributed by atoms with Crippen molar-refractivity contribution in [2.45, 2.75) is 19.0 Å². The molecule has 0 fully saturated rings. The molecule has 1 aromatic heterocycles. The van der Waals surface area contributed by atoms with E-state index in [1.165, 1.54) is 11.1 Å². The van der Waals surface area contributed by atoms with E-state index in [2.05, 4.69) is 88.1 Å². The van der Waals surface area contributed by atoms with Gasteiger partial charge in [0, 0.05) is 12.5 Å². The van der Waals surface area contributed by atoms with E-state index in [0.29, 0.717) is 12.6 Å². The summed E-state index contributed by atoms with van der Waals surface area (Å²) in [7, 11) is 2.09. The Balaban J connectivity index is 1.69. The molecular weight excluding hydrogens is 286 g/mol. The molecule has 2 aromatic carbocycles. The number of benzene rings is 2. The summed E-state index contributed by atoms with van der Waals surface area (Å²) in [5.41, 5.74) is 2.71. The van der Waals surface area contributed by atoms with Crippen molar-refractivity contribution >= 4 is 0 Å². The molecule has 0 amide bonds. The average molecular weight is 307 g/mol. The van der Waals surface area contributed by atoms with E-state index >= 15 is 0 Å². The molecule has 23 heavy (non-hydrogen) atoms. The Labute approximate surface area is 136 Å². The van der Waals surface area contributed by atoms with E-state index in [9.17, 15) is 0 Å². The van der Waals surface area contributed by atoms with Crippen LogP contribution in [-0.2, 0) is 6.67 Å². The zero-order valence-corrected chi connectivity index (χ0v) is 13.3. The minimum Gasteiger partial charge on any atom is -0.287 e. The third kappa shape index (κ3) is 4.23. The molecule has 1 heterocycles. The number of rotatable bonds is 7. The quantitative estimate of drug-likeness (QED) is 0.673. The summed E-state index contributed by atoms with van der Waals surface area (Å²) in [6.07, 6.45) is 2.69. The van der Waals surface area contributed by atoms with Gasteiger partial charge < -0.3 is 0 Å². The van der Waals surface area contributed by atoms with Crippen LogP contribution in [0.15, 0.2) is 67.0 Å². The van der Waals surface area contributed by atoms with Gasteiger partial charge in [-0.1, -0.05) is 60.7 Å². The lowest BCUT2D eigenvalue weighted by molar-refractivity contribution is 0.245. The second kappa shape index (κ2) is 7.65. The summed E-state index contributed by atoms with van der Waals surface area (Å²) >= 11 is 0. The predicted molar refractivity (Wildman–Crippen MR) is 89.8 cm³/mol. The van der Waals surface area contributed by atoms with Gasteiger partial charge in [0.15, 0.2) is 0 Å². The Morgan fingerprint density at radius 3 is 2.09 bits per heavy atom. The van der Waals surface area contributed by atoms with Crippen LogP contribution in [-0.4, -0.2) is 38.7 Å². The molecule has 0 atom stereocenters. The van der Waals surface area contributed by atoms with Crippen molar-refractivity contribution in [3.8, 4) is 0 Å². The highest BCUT2D eigenvalue weighted by atomic mass is 15.6. The van der Waals surface area contributed by atoms with Crippen LogP contribution in [0.1, 0.15) is 23.5 Å². The van der Waals surface area contributed by atoms with Gasteiger partial charge in [-0.05, 0) is 35.0 Å². The maximum atomic E-state index is 3.91. The lowest BCUT2D eigenvalue weighted by Crippen LogP contribution is -2.25. The van der Waals surface area contributed by atoms with Gasteiger partial charge in [0.2, 0.25) is 0 Å². The molecule has 0 saturated heterocycles. The SMILES string of the molecule is CN(CCC(c1ccccc1)c1ccccc1)Cn1cnnn1. The van der Waals surface area contributed by atoms with E-state index in [4.69, 9.17) is 0 Å². The average Bonchev–Trinajstić information content (AvgIpc) is 3.10. The molecule has 3 aromatic rings. The lowest BCUT2D eigenvalue weighted by atomic mass is 9.88. The highest BCUT2D eigenvalue weighted by Gasteiger charge is 2.14. The first-order valence-electron chi connectivity index (χ1n) is 7.82. The number of aromatic nitrogens is 4. The summed E-state index contributed by atoms with van der Waals surface area (Å²) in [5.74, 6) is 0.397. The van der Waals surface area contributed by atoms with Crippen molar-refractivity contribution in [2.24, 2.45) is 0 Å². The van der Waals surface area contributed by atoms with Crippen molar-refractivity contribution in [1.82, 2.24) is 25.1 Å². The molecule has 0 saturated carbocycles. The van der Waals surface area contributed by atoms with Gasteiger partial charge in [-0.15, -0.1) is 5.10 Å². The third-order valence-electron chi connectivity index (χ3n) is 3.98. The molecule has 0 aliphatic heterocycles. The Kier molecular flexibility index (Phi) is 5.11. The van der Waals surface area contributed by atoms with E-state index < -0.39 is 0 Å². The van der Waals surface area contributed by atoms with Crippen molar-refractivity contribution in [3.05, 3.63) is 78.1 Å². The van der Waals surface area contributed by atoms with E-state index in [-0.39, 0.29) is 0 Å². The molecule has 0 N–H and O–H groups in total. The van der Waals surface area contributed by atoms with Crippen LogP contribution in [0.2, 0.25) is 0 Å². The van der Waals surface area contributed by atoms with Crippen LogP contribution in [0, 0.1) is 0 Å². The Hall–Kier alpha value is -2.53. The van der Waals surface area contributed by atoms with E-state index in [1.807, 2.05) is 0 Å². The van der Waals surface area contributed by atoms with E-state index in [1.54, 1.807) is 11.0 Å². The first-order valence-corrected chi connectivity index (χ1v) is 7.82. The fourth-order valence-corrected chi connectivity index (χ4v) is 2.81. The fourth-order valence-electron chi connectivity index (χ4n) is 2.81. The van der Waals surface area contributed by atoms with Crippen LogP contribution in [0.25, 0.3) is 0 Å². The minimum absolute atomic E-state index is 0.397. The Bertz CT molecular complexity index is 642.